The third-order valence-electron chi connectivity index (χ3n) is 5.18. The summed E-state index contributed by atoms with van der Waals surface area (Å²) in [5.74, 6) is -1.60. The lowest BCUT2D eigenvalue weighted by Crippen LogP contribution is -2.23. The van der Waals surface area contributed by atoms with Gasteiger partial charge in [0.25, 0.3) is 5.56 Å². The van der Waals surface area contributed by atoms with E-state index in [9.17, 15) is 18.4 Å². The lowest BCUT2D eigenvalue weighted by Gasteiger charge is -2.13. The molecule has 0 amide bonds. The monoisotopic (exact) mass is 418 g/mol. The first-order valence-corrected chi connectivity index (χ1v) is 9.81. The van der Waals surface area contributed by atoms with Gasteiger partial charge in [0, 0.05) is 17.0 Å². The predicted molar refractivity (Wildman–Crippen MR) is 111 cm³/mol. The highest BCUT2D eigenvalue weighted by atomic mass is 19.1. The second kappa shape index (κ2) is 7.43. The number of halogens is 2. The van der Waals surface area contributed by atoms with Crippen LogP contribution < -0.4 is 10.3 Å². The van der Waals surface area contributed by atoms with Crippen LogP contribution in [0.3, 0.4) is 0 Å². The number of carbonyl (C=O) groups is 1. The van der Waals surface area contributed by atoms with Crippen LogP contribution in [-0.2, 0) is 4.79 Å². The van der Waals surface area contributed by atoms with Crippen LogP contribution >= 0.6 is 0 Å². The molecule has 1 aliphatic carbocycles. The van der Waals surface area contributed by atoms with E-state index in [1.54, 1.807) is 48.5 Å². The number of nitrogens with zero attached hydrogens (tertiary/aromatic N) is 2. The quantitative estimate of drug-likeness (QED) is 0.358. The molecule has 5 rings (SSSR count). The van der Waals surface area contributed by atoms with Crippen LogP contribution in [0.25, 0.3) is 27.7 Å². The van der Waals surface area contributed by atoms with Crippen molar-refractivity contribution in [3.63, 3.8) is 0 Å². The van der Waals surface area contributed by atoms with Crippen LogP contribution in [0.4, 0.5) is 8.78 Å². The van der Waals surface area contributed by atoms with E-state index in [0.717, 1.165) is 23.6 Å². The Morgan fingerprint density at radius 1 is 0.968 bits per heavy atom. The molecule has 1 saturated carbocycles. The van der Waals surface area contributed by atoms with Crippen molar-refractivity contribution < 1.29 is 18.3 Å². The third-order valence-corrected chi connectivity index (χ3v) is 5.18. The van der Waals surface area contributed by atoms with Crippen LogP contribution in [0, 0.1) is 17.6 Å². The zero-order valence-corrected chi connectivity index (χ0v) is 16.2. The first-order valence-electron chi connectivity index (χ1n) is 9.81. The summed E-state index contributed by atoms with van der Waals surface area (Å²) in [6, 6.07) is 16.6. The Labute approximate surface area is 175 Å². The number of fused-ring (bicyclic) bond motifs is 1. The Bertz CT molecular complexity index is 1390. The second-order valence-electron chi connectivity index (χ2n) is 7.43. The molecule has 1 fully saturated rings. The molecule has 7 heteroatoms. The van der Waals surface area contributed by atoms with Crippen molar-refractivity contribution in [2.24, 2.45) is 5.92 Å². The molecule has 31 heavy (non-hydrogen) atoms. The van der Waals surface area contributed by atoms with E-state index >= 15 is 0 Å². The number of hydrogen-bond donors (Lipinski definition) is 0. The summed E-state index contributed by atoms with van der Waals surface area (Å²) in [7, 11) is 0. The largest absolute Gasteiger partial charge is 0.426 e. The highest BCUT2D eigenvalue weighted by molar-refractivity contribution is 5.94. The van der Waals surface area contributed by atoms with Gasteiger partial charge in [-0.25, -0.2) is 8.78 Å². The van der Waals surface area contributed by atoms with Crippen molar-refractivity contribution >= 4 is 16.7 Å². The Hall–Kier alpha value is -3.87. The SMILES string of the molecule is O=C(Oc1cccc(-c2nn(-c3ccc(F)cc3F)c(=O)c3ccccc23)c1)C1CC1. The van der Waals surface area contributed by atoms with Crippen LogP contribution in [0.5, 0.6) is 5.75 Å². The smallest absolute Gasteiger partial charge is 0.314 e. The molecule has 0 saturated heterocycles. The Kier molecular flexibility index (Phi) is 4.58. The van der Waals surface area contributed by atoms with Gasteiger partial charge in [-0.1, -0.05) is 30.3 Å². The van der Waals surface area contributed by atoms with Crippen LogP contribution in [0.2, 0.25) is 0 Å². The molecule has 0 N–H and O–H groups in total. The highest BCUT2D eigenvalue weighted by Gasteiger charge is 2.31. The lowest BCUT2D eigenvalue weighted by molar-refractivity contribution is -0.135. The number of ether oxygens (including phenoxy) is 1. The summed E-state index contributed by atoms with van der Waals surface area (Å²) in [6.07, 6.45) is 1.66. The Morgan fingerprint density at radius 2 is 1.74 bits per heavy atom. The fourth-order valence-electron chi connectivity index (χ4n) is 3.44. The Balaban J connectivity index is 1.69. The van der Waals surface area contributed by atoms with Crippen molar-refractivity contribution in [3.8, 4) is 22.7 Å². The van der Waals surface area contributed by atoms with Crippen molar-refractivity contribution in [2.45, 2.75) is 12.8 Å². The molecule has 0 unspecified atom stereocenters. The topological polar surface area (TPSA) is 61.2 Å². The standard InChI is InChI=1S/C24H16F2N2O3/c25-16-10-11-21(20(26)13-16)28-23(29)19-7-2-1-6-18(19)22(27-28)15-4-3-5-17(12-15)31-24(30)14-8-9-14/h1-7,10-14H,8-9H2. The predicted octanol–water partition coefficient (Wildman–Crippen LogP) is 4.65. The van der Waals surface area contributed by atoms with Gasteiger partial charge in [0.2, 0.25) is 0 Å². The third kappa shape index (κ3) is 3.59. The van der Waals surface area contributed by atoms with E-state index in [-0.39, 0.29) is 17.6 Å². The van der Waals surface area contributed by atoms with E-state index in [4.69, 9.17) is 4.74 Å². The molecule has 0 bridgehead atoms. The number of rotatable bonds is 4. The zero-order chi connectivity index (χ0) is 21.5. The van der Waals surface area contributed by atoms with E-state index in [0.29, 0.717) is 33.8 Å². The minimum atomic E-state index is -0.900. The molecule has 3 aromatic carbocycles. The molecule has 1 aromatic heterocycles. The Morgan fingerprint density at radius 3 is 2.48 bits per heavy atom. The van der Waals surface area contributed by atoms with E-state index in [1.807, 2.05) is 0 Å². The number of benzene rings is 3. The number of carbonyl (C=O) groups excluding carboxylic acids is 1. The average molecular weight is 418 g/mol. The van der Waals surface area contributed by atoms with Gasteiger partial charge in [0.1, 0.15) is 17.3 Å². The maximum absolute atomic E-state index is 14.4. The summed E-state index contributed by atoms with van der Waals surface area (Å²) in [6.45, 7) is 0. The van der Waals surface area contributed by atoms with E-state index in [2.05, 4.69) is 5.10 Å². The highest BCUT2D eigenvalue weighted by Crippen LogP contribution is 2.32. The normalized spacial score (nSPS) is 13.4. The van der Waals surface area contributed by atoms with Gasteiger partial charge < -0.3 is 4.74 Å². The molecular weight excluding hydrogens is 402 g/mol. The van der Waals surface area contributed by atoms with Crippen molar-refractivity contribution in [3.05, 3.63) is 88.7 Å². The van der Waals surface area contributed by atoms with E-state index < -0.39 is 17.2 Å². The molecule has 1 heterocycles. The van der Waals surface area contributed by atoms with Crippen LogP contribution in [0.15, 0.2) is 71.5 Å². The summed E-state index contributed by atoms with van der Waals surface area (Å²) < 4.78 is 34.2. The van der Waals surface area contributed by atoms with Gasteiger partial charge in [0.15, 0.2) is 5.82 Å². The number of hydrogen-bond acceptors (Lipinski definition) is 4. The molecule has 4 aromatic rings. The minimum absolute atomic E-state index is 0.0500. The van der Waals surface area contributed by atoms with Crippen molar-refractivity contribution in [1.29, 1.82) is 0 Å². The fraction of sp³-hybridized carbons (Fsp3) is 0.125. The first-order chi connectivity index (χ1) is 15.0. The van der Waals surface area contributed by atoms with Gasteiger partial charge >= 0.3 is 5.97 Å². The molecule has 0 radical (unpaired) electrons. The molecule has 5 nitrogen and oxygen atoms in total. The molecule has 0 spiro atoms. The maximum atomic E-state index is 14.4. The van der Waals surface area contributed by atoms with E-state index in [1.165, 1.54) is 6.07 Å². The van der Waals surface area contributed by atoms with Crippen LogP contribution in [0.1, 0.15) is 12.8 Å². The molecule has 0 aliphatic heterocycles. The van der Waals surface area contributed by atoms with Crippen molar-refractivity contribution in [2.75, 3.05) is 0 Å². The van der Waals surface area contributed by atoms with Crippen LogP contribution in [-0.4, -0.2) is 15.7 Å². The number of esters is 1. The summed E-state index contributed by atoms with van der Waals surface area (Å²) in [5.41, 5.74) is 0.313. The zero-order valence-electron chi connectivity index (χ0n) is 16.2. The van der Waals surface area contributed by atoms with Crippen molar-refractivity contribution in [1.82, 2.24) is 9.78 Å². The summed E-state index contributed by atoms with van der Waals surface area (Å²) in [5, 5.41) is 5.30. The second-order valence-corrected chi connectivity index (χ2v) is 7.43. The summed E-state index contributed by atoms with van der Waals surface area (Å²) in [4.78, 5) is 25.0. The first kappa shape index (κ1) is 19.1. The van der Waals surface area contributed by atoms with Gasteiger partial charge in [-0.15, -0.1) is 0 Å². The van der Waals surface area contributed by atoms with Gasteiger partial charge in [-0.05, 0) is 43.2 Å². The molecule has 0 atom stereocenters. The maximum Gasteiger partial charge on any atom is 0.314 e. The lowest BCUT2D eigenvalue weighted by atomic mass is 10.0. The average Bonchev–Trinajstić information content (AvgIpc) is 3.61. The van der Waals surface area contributed by atoms with Gasteiger partial charge in [-0.2, -0.15) is 9.78 Å². The molecule has 1 aliphatic rings. The van der Waals surface area contributed by atoms with Gasteiger partial charge in [0.05, 0.1) is 17.0 Å². The fourth-order valence-corrected chi connectivity index (χ4v) is 3.44. The van der Waals surface area contributed by atoms with Gasteiger partial charge in [-0.3, -0.25) is 9.59 Å². The minimum Gasteiger partial charge on any atom is -0.426 e. The summed E-state index contributed by atoms with van der Waals surface area (Å²) >= 11 is 0. The number of aromatic nitrogens is 2. The molecule has 154 valence electrons. The molecular formula is C24H16F2N2O3.